The molecule has 0 saturated carbocycles. The molecule has 0 aliphatic heterocycles. The van der Waals surface area contributed by atoms with E-state index in [0.29, 0.717) is 5.69 Å². The molecule has 2 N–H and O–H groups in total. The van der Waals surface area contributed by atoms with Gasteiger partial charge in [0.25, 0.3) is 0 Å². The van der Waals surface area contributed by atoms with Gasteiger partial charge in [0.05, 0.1) is 0 Å². The molecule has 4 heteroatoms. The zero-order valence-electron chi connectivity index (χ0n) is 3.82. The molecule has 0 saturated heterocycles. The second-order valence-corrected chi connectivity index (χ2v) is 1.87. The molecule has 0 fully saturated rings. The fourth-order valence-corrected chi connectivity index (χ4v) is 0.814. The molecule has 1 rings (SSSR count). The summed E-state index contributed by atoms with van der Waals surface area (Å²) in [4.78, 5) is 10.3. The van der Waals surface area contributed by atoms with E-state index in [0.717, 1.165) is 0 Å². The van der Waals surface area contributed by atoms with Gasteiger partial charge in [0.15, 0.2) is 5.69 Å². The average molecular weight is 117 g/mol. The zero-order chi connectivity index (χ0) is 5.28. The van der Waals surface area contributed by atoms with Gasteiger partial charge < -0.3 is 0 Å². The van der Waals surface area contributed by atoms with Crippen molar-refractivity contribution < 1.29 is 4.37 Å². The summed E-state index contributed by atoms with van der Waals surface area (Å²) in [7, 11) is 0. The molecule has 1 heterocycles. The summed E-state index contributed by atoms with van der Waals surface area (Å²) in [6, 6.07) is 0. The molecule has 0 aliphatic rings. The molecule has 0 aromatic carbocycles. The summed E-state index contributed by atoms with van der Waals surface area (Å²) in [5.41, 5.74) is 0.648. The summed E-state index contributed by atoms with van der Waals surface area (Å²) in [5.74, 6) is 0. The smallest absolute Gasteiger partial charge is 0.236 e. The standard InChI is InChI=1S/C3H4N2OS/c1-2-3(6)5-7-4-2/h1H3,(H,5,6)/p+1. The SMILES string of the molecule is Cc1[nH+]s[nH]c1=O. The van der Waals surface area contributed by atoms with Crippen LogP contribution >= 0.6 is 11.7 Å². The normalized spacial score (nSPS) is 9.29. The molecule has 7 heavy (non-hydrogen) atoms. The summed E-state index contributed by atoms with van der Waals surface area (Å²) < 4.78 is 5.24. The second kappa shape index (κ2) is 1.46. The van der Waals surface area contributed by atoms with Gasteiger partial charge in [0.2, 0.25) is 11.7 Å². The molecule has 0 unspecified atom stereocenters. The Labute approximate surface area is 44.3 Å². The van der Waals surface area contributed by atoms with Crippen LogP contribution in [0.2, 0.25) is 0 Å². The van der Waals surface area contributed by atoms with Crippen LogP contribution in [0.5, 0.6) is 0 Å². The minimum Gasteiger partial charge on any atom is -0.236 e. The van der Waals surface area contributed by atoms with Crippen molar-refractivity contribution in [2.24, 2.45) is 0 Å². The fourth-order valence-electron chi connectivity index (χ4n) is 0.271. The van der Waals surface area contributed by atoms with E-state index in [-0.39, 0.29) is 5.56 Å². The van der Waals surface area contributed by atoms with Crippen LogP contribution in [-0.2, 0) is 0 Å². The Morgan fingerprint density at radius 2 is 2.57 bits per heavy atom. The van der Waals surface area contributed by atoms with Crippen molar-refractivity contribution >= 4 is 11.7 Å². The van der Waals surface area contributed by atoms with Gasteiger partial charge in [0, 0.05) is 6.92 Å². The van der Waals surface area contributed by atoms with E-state index in [4.69, 9.17) is 0 Å². The lowest BCUT2D eigenvalue weighted by Gasteiger charge is -1.56. The van der Waals surface area contributed by atoms with E-state index < -0.39 is 0 Å². The molecular formula is C3H5N2OS+. The molecule has 0 radical (unpaired) electrons. The van der Waals surface area contributed by atoms with Gasteiger partial charge in [-0.3, -0.25) is 0 Å². The first-order valence-electron chi connectivity index (χ1n) is 1.86. The van der Waals surface area contributed by atoms with Crippen LogP contribution in [0, 0.1) is 6.92 Å². The van der Waals surface area contributed by atoms with Gasteiger partial charge in [-0.15, -0.1) is 0 Å². The molecule has 0 aliphatic carbocycles. The van der Waals surface area contributed by atoms with E-state index in [1.165, 1.54) is 11.7 Å². The number of aromatic nitrogens is 2. The maximum atomic E-state index is 10.3. The first-order chi connectivity index (χ1) is 3.30. The van der Waals surface area contributed by atoms with Crippen LogP contribution in [0.15, 0.2) is 4.79 Å². The number of aromatic amines is 2. The van der Waals surface area contributed by atoms with E-state index in [2.05, 4.69) is 8.75 Å². The summed E-state index contributed by atoms with van der Waals surface area (Å²) in [6.45, 7) is 1.73. The number of aryl methyl sites for hydroxylation is 1. The van der Waals surface area contributed by atoms with Gasteiger partial charge in [-0.25, -0.2) is 4.79 Å². The minimum absolute atomic E-state index is 0.0231. The lowest BCUT2D eigenvalue weighted by Crippen LogP contribution is -2.08. The van der Waals surface area contributed by atoms with Gasteiger partial charge in [-0.05, 0) is 0 Å². The topological polar surface area (TPSA) is 47.0 Å². The molecular weight excluding hydrogens is 112 g/mol. The first-order valence-corrected chi connectivity index (χ1v) is 2.68. The largest absolute Gasteiger partial charge is 0.385 e. The van der Waals surface area contributed by atoms with Crippen LogP contribution in [0.1, 0.15) is 5.69 Å². The number of H-pyrrole nitrogens is 2. The molecule has 3 nitrogen and oxygen atoms in total. The molecule has 0 atom stereocenters. The maximum absolute atomic E-state index is 10.3. The quantitative estimate of drug-likeness (QED) is 0.492. The summed E-state index contributed by atoms with van der Waals surface area (Å²) in [5, 5.41) is 0. The van der Waals surface area contributed by atoms with Crippen molar-refractivity contribution in [2.45, 2.75) is 6.92 Å². The van der Waals surface area contributed by atoms with Crippen molar-refractivity contribution in [3.8, 4) is 0 Å². The van der Waals surface area contributed by atoms with Gasteiger partial charge in [0.1, 0.15) is 0 Å². The fraction of sp³-hybridized carbons (Fsp3) is 0.333. The van der Waals surface area contributed by atoms with E-state index in [1.807, 2.05) is 0 Å². The maximum Gasteiger partial charge on any atom is 0.385 e. The van der Waals surface area contributed by atoms with Crippen LogP contribution in [0.4, 0.5) is 0 Å². The monoisotopic (exact) mass is 117 g/mol. The van der Waals surface area contributed by atoms with E-state index >= 15 is 0 Å². The zero-order valence-corrected chi connectivity index (χ0v) is 4.63. The lowest BCUT2D eigenvalue weighted by molar-refractivity contribution is -0.301. The predicted molar refractivity (Wildman–Crippen MR) is 26.2 cm³/mol. The Kier molecular flexibility index (Phi) is 0.941. The van der Waals surface area contributed by atoms with Crippen LogP contribution in [0.25, 0.3) is 0 Å². The number of rotatable bonds is 0. The average Bonchev–Trinajstić information content (AvgIpc) is 1.91. The van der Waals surface area contributed by atoms with Crippen molar-refractivity contribution in [1.82, 2.24) is 4.37 Å². The number of hydrogen-bond acceptors (Lipinski definition) is 2. The van der Waals surface area contributed by atoms with Crippen molar-refractivity contribution in [3.05, 3.63) is 16.0 Å². The highest BCUT2D eigenvalue weighted by molar-refractivity contribution is 6.94. The third kappa shape index (κ3) is 0.691. The lowest BCUT2D eigenvalue weighted by atomic mass is 10.6. The van der Waals surface area contributed by atoms with Crippen molar-refractivity contribution in [2.75, 3.05) is 0 Å². The Morgan fingerprint density at radius 3 is 2.71 bits per heavy atom. The van der Waals surface area contributed by atoms with E-state index in [9.17, 15) is 4.79 Å². The highest BCUT2D eigenvalue weighted by Gasteiger charge is 1.97. The Morgan fingerprint density at radius 1 is 1.86 bits per heavy atom. The Balaban J connectivity index is 3.39. The van der Waals surface area contributed by atoms with Crippen molar-refractivity contribution in [1.29, 1.82) is 0 Å². The Bertz CT molecular complexity index is 201. The summed E-state index contributed by atoms with van der Waals surface area (Å²) in [6.07, 6.45) is 0. The van der Waals surface area contributed by atoms with Gasteiger partial charge in [-0.2, -0.15) is 8.75 Å². The number of hydrogen-bond donors (Lipinski definition) is 1. The number of nitrogens with one attached hydrogen (secondary N) is 2. The van der Waals surface area contributed by atoms with Crippen LogP contribution < -0.4 is 9.93 Å². The molecule has 1 aromatic heterocycles. The van der Waals surface area contributed by atoms with Crippen molar-refractivity contribution in [3.63, 3.8) is 0 Å². The Hall–Kier alpha value is -0.640. The highest BCUT2D eigenvalue weighted by Crippen LogP contribution is 1.69. The molecule has 38 valence electrons. The molecule has 0 amide bonds. The third-order valence-corrected chi connectivity index (χ3v) is 1.38. The van der Waals surface area contributed by atoms with E-state index in [1.54, 1.807) is 6.92 Å². The molecule has 1 aromatic rings. The van der Waals surface area contributed by atoms with Crippen LogP contribution in [0.3, 0.4) is 0 Å². The van der Waals surface area contributed by atoms with Gasteiger partial charge >= 0.3 is 5.56 Å². The molecule has 0 bridgehead atoms. The van der Waals surface area contributed by atoms with Gasteiger partial charge in [-0.1, -0.05) is 0 Å². The molecule has 0 spiro atoms. The second-order valence-electron chi connectivity index (χ2n) is 1.26. The summed E-state index contributed by atoms with van der Waals surface area (Å²) >= 11 is 1.20. The minimum atomic E-state index is -0.0231. The van der Waals surface area contributed by atoms with Crippen LogP contribution in [-0.4, -0.2) is 4.37 Å². The highest BCUT2D eigenvalue weighted by atomic mass is 32.1. The first kappa shape index (κ1) is 4.52. The third-order valence-electron chi connectivity index (χ3n) is 0.688. The predicted octanol–water partition coefficient (Wildman–Crippen LogP) is -0.441.